The molecule has 244 valence electrons. The molecule has 0 saturated heterocycles. The van der Waals surface area contributed by atoms with Crippen LogP contribution in [0, 0.1) is 0 Å². The summed E-state index contributed by atoms with van der Waals surface area (Å²) in [6, 6.07) is 0. The molecule has 0 amide bonds. The molecule has 0 fully saturated rings. The van der Waals surface area contributed by atoms with Crippen LogP contribution in [0.3, 0.4) is 0 Å². The van der Waals surface area contributed by atoms with E-state index in [9.17, 15) is 0 Å². The fraction of sp³-hybridized carbons (Fsp3) is 1.00. The third-order valence-electron chi connectivity index (χ3n) is 9.99. The van der Waals surface area contributed by atoms with Gasteiger partial charge < -0.3 is 0 Å². The Balaban J connectivity index is 4.30. The Morgan fingerprint density at radius 2 is 0.350 bits per heavy atom. The number of hydrogen-bond acceptors (Lipinski definition) is 0. The minimum absolute atomic E-state index is 1.08. The average Bonchev–Trinajstić information content (AvgIpc) is 2.96. The molecule has 40 heavy (non-hydrogen) atoms. The molecule has 0 heterocycles. The van der Waals surface area contributed by atoms with E-state index in [1.165, 1.54) is 173 Å². The molecule has 1 heteroatoms. The van der Waals surface area contributed by atoms with Crippen LogP contribution in [0.15, 0.2) is 0 Å². The zero-order valence-corrected chi connectivity index (χ0v) is 30.2. The van der Waals surface area contributed by atoms with Gasteiger partial charge in [0.2, 0.25) is 0 Å². The Labute approximate surface area is 258 Å². The van der Waals surface area contributed by atoms with Gasteiger partial charge in [0.15, 0.2) is 0 Å². The molecular formula is C39H83P. The Hall–Kier alpha value is 0.430. The van der Waals surface area contributed by atoms with E-state index >= 15 is 0 Å². The van der Waals surface area contributed by atoms with Crippen LogP contribution < -0.4 is 0 Å². The topological polar surface area (TPSA) is 0 Å². The normalized spacial score (nSPS) is 12.4. The summed E-state index contributed by atoms with van der Waals surface area (Å²) in [4.78, 5) is 0. The van der Waals surface area contributed by atoms with E-state index in [1.54, 1.807) is 50.3 Å². The number of hydrogen-bond donors (Lipinski definition) is 0. The van der Waals surface area contributed by atoms with Crippen LogP contribution in [-0.2, 0) is 0 Å². The van der Waals surface area contributed by atoms with Crippen molar-refractivity contribution in [1.29, 1.82) is 0 Å². The van der Waals surface area contributed by atoms with Crippen molar-refractivity contribution in [2.24, 2.45) is 0 Å². The molecule has 0 aliphatic carbocycles. The van der Waals surface area contributed by atoms with Gasteiger partial charge in [-0.05, 0) is 0 Å². The van der Waals surface area contributed by atoms with Crippen LogP contribution >= 0.6 is 7.26 Å². The first-order valence-corrected chi connectivity index (χ1v) is 22.6. The summed E-state index contributed by atoms with van der Waals surface area (Å²) in [5, 5.41) is 0. The van der Waals surface area contributed by atoms with Crippen molar-refractivity contribution in [2.45, 2.75) is 227 Å². The van der Waals surface area contributed by atoms with Crippen molar-refractivity contribution in [2.75, 3.05) is 24.6 Å². The minimum atomic E-state index is -1.08. The van der Waals surface area contributed by atoms with Crippen molar-refractivity contribution in [3.8, 4) is 0 Å². The average molecular weight is 583 g/mol. The molecule has 0 atom stereocenters. The van der Waals surface area contributed by atoms with E-state index < -0.39 is 7.26 Å². The van der Waals surface area contributed by atoms with E-state index in [-0.39, 0.29) is 0 Å². The van der Waals surface area contributed by atoms with Crippen molar-refractivity contribution < 1.29 is 0 Å². The molecular weight excluding hydrogens is 499 g/mol. The summed E-state index contributed by atoms with van der Waals surface area (Å²) in [7, 11) is -1.08. The van der Waals surface area contributed by atoms with Gasteiger partial charge in [-0.25, -0.2) is 0 Å². The zero-order chi connectivity index (χ0) is 29.2. The van der Waals surface area contributed by atoms with Crippen LogP contribution in [0.1, 0.15) is 227 Å². The second-order valence-electron chi connectivity index (χ2n) is 14.0. The fourth-order valence-electron chi connectivity index (χ4n) is 7.11. The van der Waals surface area contributed by atoms with Gasteiger partial charge in [-0.2, -0.15) is 0 Å². The summed E-state index contributed by atoms with van der Waals surface area (Å²) >= 11 is 0. The van der Waals surface area contributed by atoms with Gasteiger partial charge in [-0.1, -0.05) is 39.0 Å². The standard InChI is InChI=1S/C39H83P/c1-5-9-13-17-18-19-20-21-22-23-24-25-26-27-31-35-39-40(36-32-28-14-10-6-2,37-33-29-15-11-7-3)38-34-30-16-12-8-4/h40H,5-39H2,1-4H3. The summed E-state index contributed by atoms with van der Waals surface area (Å²) in [6.45, 7) is 9.41. The maximum atomic E-state index is 2.36. The first-order valence-electron chi connectivity index (χ1n) is 19.7. The first-order chi connectivity index (χ1) is 19.7. The van der Waals surface area contributed by atoms with E-state index in [4.69, 9.17) is 0 Å². The maximum absolute atomic E-state index is 2.36. The predicted octanol–water partition coefficient (Wildman–Crippen LogP) is 14.9. The van der Waals surface area contributed by atoms with Crippen LogP contribution in [0.25, 0.3) is 0 Å². The molecule has 0 nitrogen and oxygen atoms in total. The van der Waals surface area contributed by atoms with Crippen LogP contribution in [0.2, 0.25) is 0 Å². The fourth-order valence-corrected chi connectivity index (χ4v) is 12.6. The molecule has 0 N–H and O–H groups in total. The van der Waals surface area contributed by atoms with Crippen LogP contribution in [-0.4, -0.2) is 24.6 Å². The van der Waals surface area contributed by atoms with Gasteiger partial charge in [0.25, 0.3) is 0 Å². The number of unbranched alkanes of at least 4 members (excludes halogenated alkanes) is 27. The van der Waals surface area contributed by atoms with Gasteiger partial charge in [-0.3, -0.25) is 0 Å². The van der Waals surface area contributed by atoms with Crippen molar-refractivity contribution >= 4 is 7.26 Å². The second kappa shape index (κ2) is 33.9. The van der Waals surface area contributed by atoms with Gasteiger partial charge in [0.1, 0.15) is 0 Å². The monoisotopic (exact) mass is 583 g/mol. The summed E-state index contributed by atoms with van der Waals surface area (Å²) in [5.41, 5.74) is 0. The van der Waals surface area contributed by atoms with Crippen LogP contribution in [0.4, 0.5) is 0 Å². The van der Waals surface area contributed by atoms with Crippen molar-refractivity contribution in [1.82, 2.24) is 0 Å². The van der Waals surface area contributed by atoms with Crippen molar-refractivity contribution in [3.63, 3.8) is 0 Å². The Morgan fingerprint density at radius 1 is 0.200 bits per heavy atom. The zero-order valence-electron chi connectivity index (χ0n) is 29.2. The first kappa shape index (κ1) is 40.4. The molecule has 0 unspecified atom stereocenters. The van der Waals surface area contributed by atoms with E-state index in [1.807, 2.05) is 0 Å². The van der Waals surface area contributed by atoms with Gasteiger partial charge in [-0.15, -0.1) is 0 Å². The van der Waals surface area contributed by atoms with Crippen LogP contribution in [0.5, 0.6) is 0 Å². The molecule has 0 saturated carbocycles. The molecule has 0 bridgehead atoms. The Morgan fingerprint density at radius 3 is 0.525 bits per heavy atom. The van der Waals surface area contributed by atoms with Gasteiger partial charge in [0, 0.05) is 0 Å². The summed E-state index contributed by atoms with van der Waals surface area (Å²) < 4.78 is 0. The molecule has 0 aliphatic rings. The molecule has 0 aliphatic heterocycles. The van der Waals surface area contributed by atoms with Crippen molar-refractivity contribution in [3.05, 3.63) is 0 Å². The van der Waals surface area contributed by atoms with Gasteiger partial charge in [0.05, 0.1) is 0 Å². The Kier molecular flexibility index (Phi) is 34.3. The Bertz CT molecular complexity index is 408. The molecule has 0 spiro atoms. The summed E-state index contributed by atoms with van der Waals surface area (Å²) in [5.74, 6) is 0. The van der Waals surface area contributed by atoms with E-state index in [0.717, 1.165) is 0 Å². The van der Waals surface area contributed by atoms with Gasteiger partial charge >= 0.3 is 220 Å². The quantitative estimate of drug-likeness (QED) is 0.0515. The molecule has 0 rings (SSSR count). The molecule has 0 aromatic heterocycles. The SMILES string of the molecule is CCCCCCCCCCCCCCCCCC[PH](CCCCCCC)(CCCCCCC)CCCCCCC. The third-order valence-corrected chi connectivity index (χ3v) is 15.6. The predicted molar refractivity (Wildman–Crippen MR) is 194 cm³/mol. The molecule has 0 aromatic carbocycles. The second-order valence-corrected chi connectivity index (χ2v) is 19.0. The van der Waals surface area contributed by atoms with E-state index in [2.05, 4.69) is 27.7 Å². The number of rotatable bonds is 35. The molecule has 0 aromatic rings. The molecule has 0 radical (unpaired) electrons. The third kappa shape index (κ3) is 28.5. The van der Waals surface area contributed by atoms with E-state index in [0.29, 0.717) is 0 Å². The summed E-state index contributed by atoms with van der Waals surface area (Å²) in [6.07, 6.45) is 52.9.